The van der Waals surface area contributed by atoms with Gasteiger partial charge in [-0.05, 0) is 42.5 Å². The number of anilines is 1. The molecule has 5 nitrogen and oxygen atoms in total. The molecule has 0 aliphatic rings. The van der Waals surface area contributed by atoms with Gasteiger partial charge < -0.3 is 9.73 Å². The van der Waals surface area contributed by atoms with E-state index in [2.05, 4.69) is 10.4 Å². The molecule has 0 unspecified atom stereocenters. The summed E-state index contributed by atoms with van der Waals surface area (Å²) in [7, 11) is 0. The molecule has 4 rings (SSSR count). The van der Waals surface area contributed by atoms with Gasteiger partial charge in [0.1, 0.15) is 0 Å². The molecular formula is C20H14ClN3O2. The smallest absolute Gasteiger partial charge is 0.291 e. The molecule has 6 heteroatoms. The third kappa shape index (κ3) is 3.25. The second-order valence-electron chi connectivity index (χ2n) is 5.63. The highest BCUT2D eigenvalue weighted by molar-refractivity contribution is 6.30. The lowest BCUT2D eigenvalue weighted by Crippen LogP contribution is -2.11. The van der Waals surface area contributed by atoms with Crippen LogP contribution in [0.15, 0.2) is 83.7 Å². The van der Waals surface area contributed by atoms with E-state index in [1.54, 1.807) is 23.0 Å². The highest BCUT2D eigenvalue weighted by Gasteiger charge is 2.13. The summed E-state index contributed by atoms with van der Waals surface area (Å²) in [6, 6.07) is 18.3. The number of rotatable bonds is 4. The van der Waals surface area contributed by atoms with Gasteiger partial charge in [0.05, 0.1) is 18.1 Å². The van der Waals surface area contributed by atoms with E-state index >= 15 is 0 Å². The third-order valence-corrected chi connectivity index (χ3v) is 4.16. The van der Waals surface area contributed by atoms with Gasteiger partial charge in [-0.2, -0.15) is 5.10 Å². The van der Waals surface area contributed by atoms with Crippen molar-refractivity contribution in [3.8, 4) is 16.8 Å². The highest BCUT2D eigenvalue weighted by Crippen LogP contribution is 2.28. The summed E-state index contributed by atoms with van der Waals surface area (Å²) < 4.78 is 6.91. The monoisotopic (exact) mass is 363 g/mol. The molecule has 0 atom stereocenters. The van der Waals surface area contributed by atoms with Crippen LogP contribution in [-0.2, 0) is 0 Å². The predicted octanol–water partition coefficient (Wildman–Crippen LogP) is 5.04. The minimum absolute atomic E-state index is 0.261. The third-order valence-electron chi connectivity index (χ3n) is 3.90. The lowest BCUT2D eigenvalue weighted by Gasteiger charge is -2.08. The quantitative estimate of drug-likeness (QED) is 0.552. The van der Waals surface area contributed by atoms with Crippen LogP contribution < -0.4 is 5.32 Å². The molecule has 1 N–H and O–H groups in total. The SMILES string of the molecule is O=C(Nc1ccccc1-c1cnn(-c2ccc(Cl)cc2)c1)c1ccco1. The molecule has 0 bridgehead atoms. The maximum atomic E-state index is 12.3. The maximum absolute atomic E-state index is 12.3. The van der Waals surface area contributed by atoms with E-state index in [0.29, 0.717) is 10.7 Å². The van der Waals surface area contributed by atoms with Crippen LogP contribution in [0.5, 0.6) is 0 Å². The van der Waals surface area contributed by atoms with E-state index in [4.69, 9.17) is 16.0 Å². The van der Waals surface area contributed by atoms with Crippen molar-refractivity contribution >= 4 is 23.2 Å². The average molecular weight is 364 g/mol. The van der Waals surface area contributed by atoms with Crippen LogP contribution in [0.1, 0.15) is 10.6 Å². The lowest BCUT2D eigenvalue weighted by atomic mass is 10.1. The average Bonchev–Trinajstić information content (AvgIpc) is 3.35. The zero-order valence-electron chi connectivity index (χ0n) is 13.6. The van der Waals surface area contributed by atoms with Gasteiger partial charge in [0.15, 0.2) is 5.76 Å². The number of benzene rings is 2. The zero-order chi connectivity index (χ0) is 17.9. The van der Waals surface area contributed by atoms with Crippen LogP contribution in [0.4, 0.5) is 5.69 Å². The molecule has 0 radical (unpaired) electrons. The fourth-order valence-electron chi connectivity index (χ4n) is 2.63. The Morgan fingerprint density at radius 3 is 2.62 bits per heavy atom. The van der Waals surface area contributed by atoms with Crippen molar-refractivity contribution in [1.29, 1.82) is 0 Å². The van der Waals surface area contributed by atoms with Crippen molar-refractivity contribution in [2.75, 3.05) is 5.32 Å². The normalized spacial score (nSPS) is 10.7. The molecule has 2 aromatic carbocycles. The number of hydrogen-bond acceptors (Lipinski definition) is 3. The lowest BCUT2D eigenvalue weighted by molar-refractivity contribution is 0.0996. The second-order valence-corrected chi connectivity index (χ2v) is 6.06. The van der Waals surface area contributed by atoms with Gasteiger partial charge in [-0.1, -0.05) is 29.8 Å². The fraction of sp³-hybridized carbons (Fsp3) is 0. The molecule has 0 spiro atoms. The summed E-state index contributed by atoms with van der Waals surface area (Å²) in [6.45, 7) is 0. The number of amides is 1. The second kappa shape index (κ2) is 6.90. The van der Waals surface area contributed by atoms with Gasteiger partial charge in [0, 0.05) is 28.0 Å². The molecule has 0 fully saturated rings. The van der Waals surface area contributed by atoms with Crippen LogP contribution in [0, 0.1) is 0 Å². The number of carbonyl (C=O) groups is 1. The first-order valence-electron chi connectivity index (χ1n) is 7.95. The minimum atomic E-state index is -0.299. The van der Waals surface area contributed by atoms with Crippen molar-refractivity contribution in [3.05, 3.63) is 90.1 Å². The summed E-state index contributed by atoms with van der Waals surface area (Å²) in [5.74, 6) is -0.0378. The van der Waals surface area contributed by atoms with Gasteiger partial charge in [0.2, 0.25) is 0 Å². The number of aromatic nitrogens is 2. The number of nitrogens with zero attached hydrogens (tertiary/aromatic N) is 2. The molecule has 1 amide bonds. The van der Waals surface area contributed by atoms with E-state index in [1.807, 2.05) is 54.7 Å². The van der Waals surface area contributed by atoms with Gasteiger partial charge in [0.25, 0.3) is 5.91 Å². The molecule has 26 heavy (non-hydrogen) atoms. The number of nitrogens with one attached hydrogen (secondary N) is 1. The first-order chi connectivity index (χ1) is 12.7. The molecule has 0 saturated carbocycles. The van der Waals surface area contributed by atoms with Crippen LogP contribution in [0.25, 0.3) is 16.8 Å². The van der Waals surface area contributed by atoms with Crippen LogP contribution in [-0.4, -0.2) is 15.7 Å². The highest BCUT2D eigenvalue weighted by atomic mass is 35.5. The van der Waals surface area contributed by atoms with Gasteiger partial charge >= 0.3 is 0 Å². The van der Waals surface area contributed by atoms with E-state index in [0.717, 1.165) is 16.8 Å². The van der Waals surface area contributed by atoms with E-state index < -0.39 is 0 Å². The summed E-state index contributed by atoms with van der Waals surface area (Å²) in [5, 5.41) is 7.96. The standard InChI is InChI=1S/C20H14ClN3O2/c21-15-7-9-16(10-8-15)24-13-14(12-22-24)17-4-1-2-5-18(17)23-20(25)19-6-3-11-26-19/h1-13H,(H,23,25). The predicted molar refractivity (Wildman–Crippen MR) is 101 cm³/mol. The topological polar surface area (TPSA) is 60.1 Å². The van der Waals surface area contributed by atoms with Crippen LogP contribution in [0.2, 0.25) is 5.02 Å². The van der Waals surface area contributed by atoms with Gasteiger partial charge in [-0.15, -0.1) is 0 Å². The molecular weight excluding hydrogens is 350 g/mol. The summed E-state index contributed by atoms with van der Waals surface area (Å²) in [6.07, 6.45) is 5.13. The molecule has 0 aliphatic carbocycles. The number of hydrogen-bond donors (Lipinski definition) is 1. The largest absolute Gasteiger partial charge is 0.459 e. The Morgan fingerprint density at radius 1 is 1.04 bits per heavy atom. The number of furan rings is 1. The van der Waals surface area contributed by atoms with Crippen LogP contribution in [0.3, 0.4) is 0 Å². The first-order valence-corrected chi connectivity index (χ1v) is 8.33. The summed E-state index contributed by atoms with van der Waals surface area (Å²) in [4.78, 5) is 12.3. The summed E-state index contributed by atoms with van der Waals surface area (Å²) >= 11 is 5.93. The van der Waals surface area contributed by atoms with Crippen molar-refractivity contribution in [2.45, 2.75) is 0 Å². The minimum Gasteiger partial charge on any atom is -0.459 e. The van der Waals surface area contributed by atoms with E-state index in [-0.39, 0.29) is 11.7 Å². The van der Waals surface area contributed by atoms with Crippen molar-refractivity contribution in [1.82, 2.24) is 9.78 Å². The zero-order valence-corrected chi connectivity index (χ0v) is 14.4. The van der Waals surface area contributed by atoms with E-state index in [1.165, 1.54) is 6.26 Å². The molecule has 0 aliphatic heterocycles. The fourth-order valence-corrected chi connectivity index (χ4v) is 2.76. The molecule has 128 valence electrons. The molecule has 4 aromatic rings. The number of carbonyl (C=O) groups excluding carboxylic acids is 1. The van der Waals surface area contributed by atoms with Crippen molar-refractivity contribution < 1.29 is 9.21 Å². The summed E-state index contributed by atoms with van der Waals surface area (Å²) in [5.41, 5.74) is 3.34. The number of halogens is 1. The Bertz CT molecular complexity index is 1040. The molecule has 2 heterocycles. The number of para-hydroxylation sites is 1. The molecule has 2 aromatic heterocycles. The maximum Gasteiger partial charge on any atom is 0.291 e. The Labute approximate surface area is 154 Å². The Hall–Kier alpha value is -3.31. The van der Waals surface area contributed by atoms with Crippen molar-refractivity contribution in [3.63, 3.8) is 0 Å². The van der Waals surface area contributed by atoms with Gasteiger partial charge in [-0.25, -0.2) is 4.68 Å². The Morgan fingerprint density at radius 2 is 1.85 bits per heavy atom. The van der Waals surface area contributed by atoms with Gasteiger partial charge in [-0.3, -0.25) is 4.79 Å². The molecule has 0 saturated heterocycles. The Balaban J connectivity index is 1.64. The van der Waals surface area contributed by atoms with Crippen LogP contribution >= 0.6 is 11.6 Å². The Kier molecular flexibility index (Phi) is 4.29. The first kappa shape index (κ1) is 16.2. The van der Waals surface area contributed by atoms with E-state index in [9.17, 15) is 4.79 Å². The van der Waals surface area contributed by atoms with Crippen molar-refractivity contribution in [2.24, 2.45) is 0 Å².